The second-order valence-corrected chi connectivity index (χ2v) is 5.41. The molecule has 0 saturated carbocycles. The Balaban J connectivity index is 1.95. The molecule has 1 N–H and O–H groups in total. The number of likely N-dealkylation sites (N-methyl/N-ethyl adjacent to an activating group) is 1. The molecule has 0 heterocycles. The minimum atomic E-state index is -0.964. The van der Waals surface area contributed by atoms with Crippen LogP contribution in [0.3, 0.4) is 0 Å². The number of hydrogen-bond acceptors (Lipinski definition) is 2. The van der Waals surface area contributed by atoms with Crippen molar-refractivity contribution in [1.29, 1.82) is 0 Å². The number of hydrogen-bond donors (Lipinski definition) is 1. The number of aromatic carboxylic acids is 1. The molecule has 1 amide bonds. The smallest absolute Gasteiger partial charge is 0.335 e. The average molecular weight is 297 g/mol. The van der Waals surface area contributed by atoms with Gasteiger partial charge in [-0.1, -0.05) is 42.0 Å². The summed E-state index contributed by atoms with van der Waals surface area (Å²) >= 11 is 0. The van der Waals surface area contributed by atoms with Crippen LogP contribution in [-0.2, 0) is 17.8 Å². The Morgan fingerprint density at radius 1 is 0.955 bits per heavy atom. The summed E-state index contributed by atoms with van der Waals surface area (Å²) in [4.78, 5) is 24.7. The van der Waals surface area contributed by atoms with Gasteiger partial charge in [0.25, 0.3) is 0 Å². The predicted octanol–water partition coefficient (Wildman–Crippen LogP) is 2.89. The summed E-state index contributed by atoms with van der Waals surface area (Å²) < 4.78 is 0. The third kappa shape index (κ3) is 4.19. The highest BCUT2D eigenvalue weighted by Crippen LogP contribution is 2.09. The van der Waals surface area contributed by atoms with Crippen LogP contribution in [0.25, 0.3) is 0 Å². The monoisotopic (exact) mass is 297 g/mol. The van der Waals surface area contributed by atoms with Crippen LogP contribution in [0.5, 0.6) is 0 Å². The highest BCUT2D eigenvalue weighted by molar-refractivity contribution is 5.87. The van der Waals surface area contributed by atoms with E-state index in [2.05, 4.69) is 0 Å². The van der Waals surface area contributed by atoms with Crippen molar-refractivity contribution in [2.75, 3.05) is 7.05 Å². The normalized spacial score (nSPS) is 10.3. The van der Waals surface area contributed by atoms with Gasteiger partial charge in [-0.2, -0.15) is 0 Å². The highest BCUT2D eigenvalue weighted by Gasteiger charge is 2.11. The topological polar surface area (TPSA) is 57.6 Å². The van der Waals surface area contributed by atoms with Crippen LogP contribution in [0, 0.1) is 6.92 Å². The van der Waals surface area contributed by atoms with Crippen molar-refractivity contribution in [2.45, 2.75) is 19.9 Å². The van der Waals surface area contributed by atoms with E-state index < -0.39 is 5.97 Å². The Labute approximate surface area is 130 Å². The van der Waals surface area contributed by atoms with E-state index in [0.29, 0.717) is 6.54 Å². The molecule has 0 atom stereocenters. The largest absolute Gasteiger partial charge is 0.478 e. The van der Waals surface area contributed by atoms with Gasteiger partial charge in [-0.25, -0.2) is 4.79 Å². The van der Waals surface area contributed by atoms with Crippen LogP contribution in [-0.4, -0.2) is 28.9 Å². The SMILES string of the molecule is Cc1ccc(CN(C)C(=O)Cc2ccc(C(=O)O)cc2)cc1. The predicted molar refractivity (Wildman–Crippen MR) is 84.8 cm³/mol. The summed E-state index contributed by atoms with van der Waals surface area (Å²) in [6.45, 7) is 2.59. The van der Waals surface area contributed by atoms with E-state index in [1.54, 1.807) is 24.1 Å². The molecule has 0 bridgehead atoms. The van der Waals surface area contributed by atoms with Gasteiger partial charge < -0.3 is 10.0 Å². The lowest BCUT2D eigenvalue weighted by atomic mass is 10.1. The lowest BCUT2D eigenvalue weighted by molar-refractivity contribution is -0.129. The molecule has 2 rings (SSSR count). The first-order valence-corrected chi connectivity index (χ1v) is 7.07. The van der Waals surface area contributed by atoms with Gasteiger partial charge >= 0.3 is 5.97 Å². The number of carbonyl (C=O) groups excluding carboxylic acids is 1. The second-order valence-electron chi connectivity index (χ2n) is 5.41. The maximum atomic E-state index is 12.2. The minimum absolute atomic E-state index is 0.00338. The number of carboxylic acids is 1. The quantitative estimate of drug-likeness (QED) is 0.923. The molecule has 0 saturated heterocycles. The number of carbonyl (C=O) groups is 2. The lowest BCUT2D eigenvalue weighted by Gasteiger charge is -2.17. The van der Waals surface area contributed by atoms with Crippen molar-refractivity contribution in [2.24, 2.45) is 0 Å². The van der Waals surface area contributed by atoms with E-state index in [0.717, 1.165) is 11.1 Å². The molecule has 0 spiro atoms. The van der Waals surface area contributed by atoms with Crippen LogP contribution >= 0.6 is 0 Å². The molecule has 114 valence electrons. The van der Waals surface area contributed by atoms with Crippen molar-refractivity contribution in [1.82, 2.24) is 4.90 Å². The van der Waals surface area contributed by atoms with Crippen molar-refractivity contribution < 1.29 is 14.7 Å². The third-order valence-corrected chi connectivity index (χ3v) is 3.52. The molecule has 22 heavy (non-hydrogen) atoms. The molecule has 2 aromatic rings. The second kappa shape index (κ2) is 6.89. The average Bonchev–Trinajstić information content (AvgIpc) is 2.50. The molecule has 0 aromatic heterocycles. The summed E-state index contributed by atoms with van der Waals surface area (Å²) in [6.07, 6.45) is 0.266. The van der Waals surface area contributed by atoms with Gasteiger partial charge in [-0.15, -0.1) is 0 Å². The number of carboxylic acid groups (broad SMARTS) is 1. The Morgan fingerprint density at radius 3 is 2.05 bits per heavy atom. The van der Waals surface area contributed by atoms with Crippen LogP contribution < -0.4 is 0 Å². The summed E-state index contributed by atoms with van der Waals surface area (Å²) in [5.41, 5.74) is 3.31. The summed E-state index contributed by atoms with van der Waals surface area (Å²) in [7, 11) is 1.77. The number of aryl methyl sites for hydroxylation is 1. The van der Waals surface area contributed by atoms with Crippen molar-refractivity contribution >= 4 is 11.9 Å². The minimum Gasteiger partial charge on any atom is -0.478 e. The molecule has 0 aliphatic heterocycles. The summed E-state index contributed by atoms with van der Waals surface area (Å²) in [6, 6.07) is 14.5. The fourth-order valence-electron chi connectivity index (χ4n) is 2.13. The Hall–Kier alpha value is -2.62. The number of rotatable bonds is 5. The molecule has 0 radical (unpaired) electrons. The van der Waals surface area contributed by atoms with E-state index in [-0.39, 0.29) is 17.9 Å². The Kier molecular flexibility index (Phi) is 4.94. The van der Waals surface area contributed by atoms with E-state index in [1.807, 2.05) is 31.2 Å². The van der Waals surface area contributed by atoms with Crippen LogP contribution in [0.2, 0.25) is 0 Å². The van der Waals surface area contributed by atoms with Gasteiger partial charge in [-0.3, -0.25) is 4.79 Å². The molecule has 2 aromatic carbocycles. The summed E-state index contributed by atoms with van der Waals surface area (Å²) in [5, 5.41) is 8.85. The van der Waals surface area contributed by atoms with Crippen molar-refractivity contribution in [3.05, 3.63) is 70.8 Å². The zero-order valence-corrected chi connectivity index (χ0v) is 12.7. The molecule has 4 nitrogen and oxygen atoms in total. The van der Waals surface area contributed by atoms with Gasteiger partial charge in [0.05, 0.1) is 12.0 Å². The summed E-state index contributed by atoms with van der Waals surface area (Å²) in [5.74, 6) is -0.960. The van der Waals surface area contributed by atoms with Gasteiger partial charge in [0, 0.05) is 13.6 Å². The number of benzene rings is 2. The molecule has 0 aliphatic rings. The fourth-order valence-corrected chi connectivity index (χ4v) is 2.13. The molecule has 0 aliphatic carbocycles. The maximum Gasteiger partial charge on any atom is 0.335 e. The van der Waals surface area contributed by atoms with Gasteiger partial charge in [0.1, 0.15) is 0 Å². The zero-order chi connectivity index (χ0) is 16.1. The first kappa shape index (κ1) is 15.8. The molecule has 4 heteroatoms. The lowest BCUT2D eigenvalue weighted by Crippen LogP contribution is -2.27. The molecular weight excluding hydrogens is 278 g/mol. The van der Waals surface area contributed by atoms with Crippen LogP contribution in [0.4, 0.5) is 0 Å². The van der Waals surface area contributed by atoms with E-state index >= 15 is 0 Å². The van der Waals surface area contributed by atoms with Gasteiger partial charge in [0.15, 0.2) is 0 Å². The highest BCUT2D eigenvalue weighted by atomic mass is 16.4. The van der Waals surface area contributed by atoms with E-state index in [1.165, 1.54) is 17.7 Å². The van der Waals surface area contributed by atoms with Crippen molar-refractivity contribution in [3.8, 4) is 0 Å². The Morgan fingerprint density at radius 2 is 1.50 bits per heavy atom. The van der Waals surface area contributed by atoms with Crippen LogP contribution in [0.1, 0.15) is 27.0 Å². The molecule has 0 fully saturated rings. The van der Waals surface area contributed by atoms with Gasteiger partial charge in [-0.05, 0) is 30.2 Å². The number of nitrogens with zero attached hydrogens (tertiary/aromatic N) is 1. The zero-order valence-electron chi connectivity index (χ0n) is 12.7. The molecule has 0 unspecified atom stereocenters. The van der Waals surface area contributed by atoms with Gasteiger partial charge in [0.2, 0.25) is 5.91 Å². The fraction of sp³-hybridized carbons (Fsp3) is 0.222. The standard InChI is InChI=1S/C18H19NO3/c1-13-3-5-15(6-4-13)12-19(2)17(20)11-14-7-9-16(10-8-14)18(21)22/h3-10H,11-12H2,1-2H3,(H,21,22). The third-order valence-electron chi connectivity index (χ3n) is 3.52. The number of amides is 1. The van der Waals surface area contributed by atoms with Crippen molar-refractivity contribution in [3.63, 3.8) is 0 Å². The van der Waals surface area contributed by atoms with E-state index in [4.69, 9.17) is 5.11 Å². The first-order chi connectivity index (χ1) is 10.5. The Bertz CT molecular complexity index is 660. The van der Waals surface area contributed by atoms with E-state index in [9.17, 15) is 9.59 Å². The molecular formula is C18H19NO3. The van der Waals surface area contributed by atoms with Crippen LogP contribution in [0.15, 0.2) is 48.5 Å². The first-order valence-electron chi connectivity index (χ1n) is 7.07. The maximum absolute atomic E-state index is 12.2.